The number of halogens is 1. The van der Waals surface area contributed by atoms with E-state index in [0.29, 0.717) is 12.2 Å². The number of carbonyl (C=O) groups is 1. The van der Waals surface area contributed by atoms with Crippen molar-refractivity contribution in [1.82, 2.24) is 4.90 Å². The third-order valence-electron chi connectivity index (χ3n) is 4.66. The summed E-state index contributed by atoms with van der Waals surface area (Å²) in [6.07, 6.45) is 5.73. The Morgan fingerprint density at radius 3 is 2.75 bits per heavy atom. The van der Waals surface area contributed by atoms with Crippen molar-refractivity contribution >= 4 is 21.7 Å². The molecule has 1 saturated heterocycles. The van der Waals surface area contributed by atoms with Crippen molar-refractivity contribution in [3.8, 4) is 0 Å². The maximum atomic E-state index is 11.7. The standard InChI is InChI=1S/C17H20BrNO/c1-19-9-7-14-10-16(20)6-8-17(14,12-19)11-13-2-4-15(18)5-3-13/h2-5,10H,6-9,11-12H2,1H3. The van der Waals surface area contributed by atoms with E-state index in [0.717, 1.165) is 36.8 Å². The number of hydrogen-bond donors (Lipinski definition) is 0. The zero-order chi connectivity index (χ0) is 14.2. The van der Waals surface area contributed by atoms with E-state index in [2.05, 4.69) is 52.1 Å². The monoisotopic (exact) mass is 333 g/mol. The summed E-state index contributed by atoms with van der Waals surface area (Å²) in [5.41, 5.74) is 2.92. The summed E-state index contributed by atoms with van der Waals surface area (Å²) in [6, 6.07) is 8.61. The molecule has 0 radical (unpaired) electrons. The average Bonchev–Trinajstić information content (AvgIpc) is 2.42. The van der Waals surface area contributed by atoms with Gasteiger partial charge in [0.2, 0.25) is 0 Å². The minimum Gasteiger partial charge on any atom is -0.305 e. The number of likely N-dealkylation sites (tertiary alicyclic amines) is 1. The molecule has 0 saturated carbocycles. The molecular weight excluding hydrogens is 314 g/mol. The molecule has 1 fully saturated rings. The fourth-order valence-electron chi connectivity index (χ4n) is 3.62. The van der Waals surface area contributed by atoms with E-state index in [1.54, 1.807) is 0 Å². The number of carbonyl (C=O) groups excluding carboxylic acids is 1. The normalized spacial score (nSPS) is 27.1. The third-order valence-corrected chi connectivity index (χ3v) is 5.19. The van der Waals surface area contributed by atoms with Crippen LogP contribution in [0.25, 0.3) is 0 Å². The van der Waals surface area contributed by atoms with Crippen LogP contribution >= 0.6 is 15.9 Å². The molecule has 0 spiro atoms. The molecule has 1 aliphatic carbocycles. The molecule has 2 aliphatic rings. The number of fused-ring (bicyclic) bond motifs is 1. The van der Waals surface area contributed by atoms with E-state index < -0.39 is 0 Å². The predicted molar refractivity (Wildman–Crippen MR) is 84.7 cm³/mol. The molecule has 3 rings (SSSR count). The van der Waals surface area contributed by atoms with Crippen LogP contribution in [-0.4, -0.2) is 30.8 Å². The molecule has 3 heteroatoms. The number of nitrogens with zero attached hydrogens (tertiary/aromatic N) is 1. The van der Waals surface area contributed by atoms with E-state index in [4.69, 9.17) is 0 Å². The van der Waals surface area contributed by atoms with Crippen LogP contribution in [-0.2, 0) is 11.2 Å². The first kappa shape index (κ1) is 14.0. The smallest absolute Gasteiger partial charge is 0.155 e. The molecule has 1 heterocycles. The molecule has 1 aromatic rings. The van der Waals surface area contributed by atoms with Gasteiger partial charge >= 0.3 is 0 Å². The van der Waals surface area contributed by atoms with Gasteiger partial charge in [-0.1, -0.05) is 33.6 Å². The fourth-order valence-corrected chi connectivity index (χ4v) is 3.88. The second kappa shape index (κ2) is 5.45. The van der Waals surface area contributed by atoms with Gasteiger partial charge in [-0.3, -0.25) is 4.79 Å². The van der Waals surface area contributed by atoms with Crippen molar-refractivity contribution < 1.29 is 4.79 Å². The Labute approximate surface area is 129 Å². The Morgan fingerprint density at radius 1 is 1.25 bits per heavy atom. The molecule has 0 aromatic heterocycles. The van der Waals surface area contributed by atoms with Crippen molar-refractivity contribution in [1.29, 1.82) is 0 Å². The van der Waals surface area contributed by atoms with Crippen LogP contribution < -0.4 is 0 Å². The van der Waals surface area contributed by atoms with Crippen LogP contribution in [0.5, 0.6) is 0 Å². The van der Waals surface area contributed by atoms with Crippen LogP contribution in [0.2, 0.25) is 0 Å². The Bertz CT molecular complexity index is 549. The van der Waals surface area contributed by atoms with Gasteiger partial charge in [-0.2, -0.15) is 0 Å². The lowest BCUT2D eigenvalue weighted by atomic mass is 9.65. The molecule has 0 bridgehead atoms. The van der Waals surface area contributed by atoms with Gasteiger partial charge in [0.25, 0.3) is 0 Å². The maximum Gasteiger partial charge on any atom is 0.155 e. The first-order valence-electron chi connectivity index (χ1n) is 7.24. The number of allylic oxidation sites excluding steroid dienone is 1. The molecule has 1 aliphatic heterocycles. The summed E-state index contributed by atoms with van der Waals surface area (Å²) in [7, 11) is 2.19. The Morgan fingerprint density at radius 2 is 2.00 bits per heavy atom. The van der Waals surface area contributed by atoms with Gasteiger partial charge in [-0.15, -0.1) is 0 Å². The van der Waals surface area contributed by atoms with Crippen LogP contribution in [0.1, 0.15) is 24.8 Å². The molecule has 1 unspecified atom stereocenters. The Hall–Kier alpha value is -0.930. The zero-order valence-electron chi connectivity index (χ0n) is 11.9. The average molecular weight is 334 g/mol. The van der Waals surface area contributed by atoms with E-state index in [1.165, 1.54) is 11.1 Å². The van der Waals surface area contributed by atoms with E-state index in [1.807, 2.05) is 6.08 Å². The predicted octanol–water partition coefficient (Wildman–Crippen LogP) is 3.60. The summed E-state index contributed by atoms with van der Waals surface area (Å²) < 4.78 is 1.12. The highest BCUT2D eigenvalue weighted by Crippen LogP contribution is 2.44. The number of rotatable bonds is 2. The topological polar surface area (TPSA) is 20.3 Å². The molecule has 1 aromatic carbocycles. The largest absolute Gasteiger partial charge is 0.305 e. The fraction of sp³-hybridized carbons (Fsp3) is 0.471. The minimum absolute atomic E-state index is 0.175. The maximum absolute atomic E-state index is 11.7. The SMILES string of the molecule is CN1CCC2=CC(=O)CCC2(Cc2ccc(Br)cc2)C1. The molecule has 0 amide bonds. The molecule has 1 atom stereocenters. The van der Waals surface area contributed by atoms with Crippen molar-refractivity contribution in [2.24, 2.45) is 5.41 Å². The molecule has 2 nitrogen and oxygen atoms in total. The van der Waals surface area contributed by atoms with Crippen molar-refractivity contribution in [2.45, 2.75) is 25.7 Å². The molecular formula is C17H20BrNO. The van der Waals surface area contributed by atoms with Gasteiger partial charge in [-0.25, -0.2) is 0 Å². The summed E-state index contributed by atoms with van der Waals surface area (Å²) in [4.78, 5) is 14.2. The molecule has 0 N–H and O–H groups in total. The lowest BCUT2D eigenvalue weighted by Crippen LogP contribution is -2.46. The van der Waals surface area contributed by atoms with Gasteiger partial charge in [0.1, 0.15) is 0 Å². The Kier molecular flexibility index (Phi) is 3.83. The van der Waals surface area contributed by atoms with E-state index in [9.17, 15) is 4.79 Å². The summed E-state index contributed by atoms with van der Waals surface area (Å²) in [6.45, 7) is 2.14. The van der Waals surface area contributed by atoms with Gasteiger partial charge < -0.3 is 4.90 Å². The van der Waals surface area contributed by atoms with Crippen molar-refractivity contribution in [2.75, 3.05) is 20.1 Å². The second-order valence-electron chi connectivity index (χ2n) is 6.21. The minimum atomic E-state index is 0.175. The van der Waals surface area contributed by atoms with Crippen LogP contribution in [0.15, 0.2) is 40.4 Å². The van der Waals surface area contributed by atoms with E-state index in [-0.39, 0.29) is 5.41 Å². The number of hydrogen-bond acceptors (Lipinski definition) is 2. The number of benzene rings is 1. The van der Waals surface area contributed by atoms with Gasteiger partial charge in [0, 0.05) is 29.4 Å². The summed E-state index contributed by atoms with van der Waals surface area (Å²) in [5, 5.41) is 0. The van der Waals surface area contributed by atoms with E-state index >= 15 is 0 Å². The first-order chi connectivity index (χ1) is 9.57. The number of ketones is 1. The summed E-state index contributed by atoms with van der Waals surface area (Å²) >= 11 is 3.49. The highest BCUT2D eigenvalue weighted by molar-refractivity contribution is 9.10. The van der Waals surface area contributed by atoms with Crippen molar-refractivity contribution in [3.05, 3.63) is 46.0 Å². The Balaban J connectivity index is 1.91. The van der Waals surface area contributed by atoms with Crippen LogP contribution in [0, 0.1) is 5.41 Å². The zero-order valence-corrected chi connectivity index (χ0v) is 13.4. The lowest BCUT2D eigenvalue weighted by molar-refractivity contribution is -0.116. The molecule has 20 heavy (non-hydrogen) atoms. The highest BCUT2D eigenvalue weighted by Gasteiger charge is 2.40. The second-order valence-corrected chi connectivity index (χ2v) is 7.12. The first-order valence-corrected chi connectivity index (χ1v) is 8.04. The lowest BCUT2D eigenvalue weighted by Gasteiger charge is -2.45. The van der Waals surface area contributed by atoms with Gasteiger partial charge in [0.15, 0.2) is 5.78 Å². The highest BCUT2D eigenvalue weighted by atomic mass is 79.9. The van der Waals surface area contributed by atoms with Crippen LogP contribution in [0.4, 0.5) is 0 Å². The number of piperidine rings is 1. The quantitative estimate of drug-likeness (QED) is 0.824. The van der Waals surface area contributed by atoms with Crippen LogP contribution in [0.3, 0.4) is 0 Å². The van der Waals surface area contributed by atoms with Gasteiger partial charge in [0.05, 0.1) is 0 Å². The van der Waals surface area contributed by atoms with Gasteiger partial charge in [-0.05, 0) is 50.1 Å². The third kappa shape index (κ3) is 2.75. The van der Waals surface area contributed by atoms with Crippen molar-refractivity contribution in [3.63, 3.8) is 0 Å². The summed E-state index contributed by atoms with van der Waals surface area (Å²) in [5.74, 6) is 0.316. The molecule has 106 valence electrons.